The van der Waals surface area contributed by atoms with Crippen LogP contribution < -0.4 is 5.43 Å². The lowest BCUT2D eigenvalue weighted by molar-refractivity contribution is 0.630. The summed E-state index contributed by atoms with van der Waals surface area (Å²) in [5.41, 5.74) is -0.114. The molecule has 0 unspecified atom stereocenters. The Morgan fingerprint density at radius 2 is 1.52 bits per heavy atom. The Kier molecular flexibility index (Phi) is 3.21. The van der Waals surface area contributed by atoms with E-state index in [4.69, 9.17) is 0 Å². The van der Waals surface area contributed by atoms with Crippen molar-refractivity contribution in [2.75, 3.05) is 0 Å². The number of hydrogen-bond donors (Lipinski definition) is 0. The molecule has 4 aromatic carbocycles. The Labute approximate surface area is 154 Å². The van der Waals surface area contributed by atoms with Crippen molar-refractivity contribution in [1.82, 2.24) is 0 Å². The SMILES string of the molecule is O=c1c2cc(F)ccc2sc2cc3cc4cccc(Br)c4cc3cc12. The van der Waals surface area contributed by atoms with E-state index in [0.717, 1.165) is 35.4 Å². The topological polar surface area (TPSA) is 17.1 Å². The summed E-state index contributed by atoms with van der Waals surface area (Å²) in [6, 6.07) is 18.7. The van der Waals surface area contributed by atoms with Gasteiger partial charge in [-0.2, -0.15) is 0 Å². The predicted octanol–water partition coefficient (Wildman–Crippen LogP) is 6.62. The molecule has 0 saturated heterocycles. The van der Waals surface area contributed by atoms with E-state index in [-0.39, 0.29) is 11.2 Å². The molecule has 1 heterocycles. The first kappa shape index (κ1) is 15.0. The monoisotopic (exact) mass is 408 g/mol. The molecular formula is C21H10BrFOS. The molecule has 0 atom stereocenters. The van der Waals surface area contributed by atoms with E-state index < -0.39 is 0 Å². The Hall–Kier alpha value is -2.30. The number of benzene rings is 4. The molecule has 4 heteroatoms. The van der Waals surface area contributed by atoms with Crippen LogP contribution in [0, 0.1) is 5.82 Å². The third kappa shape index (κ3) is 2.29. The van der Waals surface area contributed by atoms with E-state index in [1.165, 1.54) is 23.5 Å². The van der Waals surface area contributed by atoms with Gasteiger partial charge in [0.2, 0.25) is 0 Å². The van der Waals surface area contributed by atoms with Crippen LogP contribution in [0.1, 0.15) is 0 Å². The van der Waals surface area contributed by atoms with Gasteiger partial charge in [0.1, 0.15) is 5.82 Å². The maximum Gasteiger partial charge on any atom is 0.195 e. The highest BCUT2D eigenvalue weighted by Gasteiger charge is 2.09. The number of halogens is 2. The molecule has 0 aliphatic rings. The smallest absolute Gasteiger partial charge is 0.195 e. The number of fused-ring (bicyclic) bond motifs is 4. The summed E-state index contributed by atoms with van der Waals surface area (Å²) in [7, 11) is 0. The Morgan fingerprint density at radius 3 is 2.40 bits per heavy atom. The second-order valence-electron chi connectivity index (χ2n) is 6.08. The van der Waals surface area contributed by atoms with E-state index in [2.05, 4.69) is 40.2 Å². The Balaban J connectivity index is 1.96. The van der Waals surface area contributed by atoms with Crippen LogP contribution >= 0.6 is 27.3 Å². The van der Waals surface area contributed by atoms with Crippen molar-refractivity contribution < 1.29 is 4.39 Å². The lowest BCUT2D eigenvalue weighted by atomic mass is 10.0. The summed E-state index contributed by atoms with van der Waals surface area (Å²) < 4.78 is 16.3. The minimum Gasteiger partial charge on any atom is -0.289 e. The summed E-state index contributed by atoms with van der Waals surface area (Å²) in [6.45, 7) is 0. The van der Waals surface area contributed by atoms with Gasteiger partial charge in [0, 0.05) is 24.6 Å². The minimum absolute atomic E-state index is 0.114. The van der Waals surface area contributed by atoms with Gasteiger partial charge >= 0.3 is 0 Å². The zero-order chi connectivity index (χ0) is 17.1. The predicted molar refractivity (Wildman–Crippen MR) is 108 cm³/mol. The number of rotatable bonds is 0. The Bertz CT molecular complexity index is 1390. The van der Waals surface area contributed by atoms with E-state index in [0.29, 0.717) is 10.8 Å². The first-order valence-corrected chi connectivity index (χ1v) is 9.39. The van der Waals surface area contributed by atoms with E-state index in [1.54, 1.807) is 6.07 Å². The maximum atomic E-state index is 13.5. The van der Waals surface area contributed by atoms with Gasteiger partial charge in [0.05, 0.1) is 0 Å². The standard InChI is InChI=1S/C21H10BrFOS/c22-18-3-1-2-11-6-12-9-20-16(8-13(12)7-15(11)18)21(24)17-10-14(23)4-5-19(17)25-20/h1-10H. The largest absolute Gasteiger partial charge is 0.289 e. The average molecular weight is 409 g/mol. The summed E-state index contributed by atoms with van der Waals surface area (Å²) in [5, 5.41) is 5.44. The van der Waals surface area contributed by atoms with Crippen LogP contribution in [0.25, 0.3) is 41.7 Å². The third-order valence-corrected chi connectivity index (χ3v) is 6.36. The molecule has 0 bridgehead atoms. The van der Waals surface area contributed by atoms with Crippen LogP contribution in [0.15, 0.2) is 69.9 Å². The van der Waals surface area contributed by atoms with E-state index >= 15 is 0 Å². The van der Waals surface area contributed by atoms with Gasteiger partial charge in [-0.05, 0) is 70.1 Å². The first-order valence-electron chi connectivity index (χ1n) is 7.78. The maximum absolute atomic E-state index is 13.5. The van der Waals surface area contributed by atoms with Crippen LogP contribution in [0.5, 0.6) is 0 Å². The zero-order valence-electron chi connectivity index (χ0n) is 12.8. The van der Waals surface area contributed by atoms with Crippen molar-refractivity contribution in [3.8, 4) is 0 Å². The van der Waals surface area contributed by atoms with E-state index in [9.17, 15) is 9.18 Å². The van der Waals surface area contributed by atoms with Gasteiger partial charge in [0.15, 0.2) is 5.43 Å². The van der Waals surface area contributed by atoms with Crippen LogP contribution in [-0.2, 0) is 0 Å². The van der Waals surface area contributed by atoms with Crippen molar-refractivity contribution in [3.05, 3.63) is 81.2 Å². The molecule has 0 amide bonds. The molecule has 0 fully saturated rings. The molecule has 0 aliphatic heterocycles. The molecule has 25 heavy (non-hydrogen) atoms. The molecule has 120 valence electrons. The van der Waals surface area contributed by atoms with Crippen molar-refractivity contribution in [1.29, 1.82) is 0 Å². The summed E-state index contributed by atoms with van der Waals surface area (Å²) in [5.74, 6) is -0.383. The Morgan fingerprint density at radius 1 is 0.760 bits per heavy atom. The molecular weight excluding hydrogens is 399 g/mol. The van der Waals surface area contributed by atoms with Crippen molar-refractivity contribution in [2.45, 2.75) is 0 Å². The van der Waals surface area contributed by atoms with Gasteiger partial charge in [-0.15, -0.1) is 11.3 Å². The lowest BCUT2D eigenvalue weighted by Gasteiger charge is -2.07. The highest BCUT2D eigenvalue weighted by atomic mass is 79.9. The first-order chi connectivity index (χ1) is 12.1. The van der Waals surface area contributed by atoms with Crippen molar-refractivity contribution in [2.24, 2.45) is 0 Å². The molecule has 0 spiro atoms. The fourth-order valence-electron chi connectivity index (χ4n) is 3.31. The van der Waals surface area contributed by atoms with Gasteiger partial charge in [-0.3, -0.25) is 4.79 Å². The fraction of sp³-hybridized carbons (Fsp3) is 0. The molecule has 5 aromatic rings. The van der Waals surface area contributed by atoms with Gasteiger partial charge in [-0.25, -0.2) is 4.39 Å². The van der Waals surface area contributed by atoms with Crippen LogP contribution in [-0.4, -0.2) is 0 Å². The van der Waals surface area contributed by atoms with E-state index in [1.807, 2.05) is 18.2 Å². The van der Waals surface area contributed by atoms with Crippen LogP contribution in [0.3, 0.4) is 0 Å². The normalized spacial score (nSPS) is 11.8. The quantitative estimate of drug-likeness (QED) is 0.263. The zero-order valence-corrected chi connectivity index (χ0v) is 15.2. The summed E-state index contributed by atoms with van der Waals surface area (Å²) in [4.78, 5) is 12.8. The van der Waals surface area contributed by atoms with Crippen molar-refractivity contribution >= 4 is 69.0 Å². The molecule has 0 aliphatic carbocycles. The van der Waals surface area contributed by atoms with Gasteiger partial charge in [-0.1, -0.05) is 28.1 Å². The van der Waals surface area contributed by atoms with Crippen LogP contribution in [0.2, 0.25) is 0 Å². The van der Waals surface area contributed by atoms with Gasteiger partial charge in [0.25, 0.3) is 0 Å². The van der Waals surface area contributed by atoms with Gasteiger partial charge < -0.3 is 0 Å². The highest BCUT2D eigenvalue weighted by Crippen LogP contribution is 2.33. The van der Waals surface area contributed by atoms with Crippen molar-refractivity contribution in [3.63, 3.8) is 0 Å². The fourth-order valence-corrected chi connectivity index (χ4v) is 4.89. The summed E-state index contributed by atoms with van der Waals surface area (Å²) >= 11 is 5.11. The second kappa shape index (κ2) is 5.35. The number of hydrogen-bond acceptors (Lipinski definition) is 2. The highest BCUT2D eigenvalue weighted by molar-refractivity contribution is 9.10. The molecule has 0 radical (unpaired) electrons. The van der Waals surface area contributed by atoms with Crippen LogP contribution in [0.4, 0.5) is 4.39 Å². The molecule has 1 aromatic heterocycles. The third-order valence-electron chi connectivity index (χ3n) is 4.53. The lowest BCUT2D eigenvalue weighted by Crippen LogP contribution is -2.01. The average Bonchev–Trinajstić information content (AvgIpc) is 2.60. The molecule has 0 saturated carbocycles. The molecule has 5 rings (SSSR count). The molecule has 0 N–H and O–H groups in total. The molecule has 1 nitrogen and oxygen atoms in total. The second-order valence-corrected chi connectivity index (χ2v) is 8.02. The summed E-state index contributed by atoms with van der Waals surface area (Å²) in [6.07, 6.45) is 0. The minimum atomic E-state index is -0.383.